The van der Waals surface area contributed by atoms with Gasteiger partial charge >= 0.3 is 0 Å². The van der Waals surface area contributed by atoms with Gasteiger partial charge in [-0.2, -0.15) is 10.4 Å². The normalized spacial score (nSPS) is 24.8. The Kier molecular flexibility index (Phi) is 3.07. The zero-order valence-corrected chi connectivity index (χ0v) is 10.6. The molecule has 1 aromatic heterocycles. The van der Waals surface area contributed by atoms with Crippen LogP contribution in [0.1, 0.15) is 24.6 Å². The first-order valence-electron chi connectivity index (χ1n) is 5.98. The van der Waals surface area contributed by atoms with Crippen LogP contribution in [0.5, 0.6) is 0 Å². The molecule has 0 amide bonds. The average Bonchev–Trinajstić information content (AvgIpc) is 2.57. The van der Waals surface area contributed by atoms with Gasteiger partial charge in [0.15, 0.2) is 0 Å². The highest BCUT2D eigenvalue weighted by Gasteiger charge is 2.27. The Morgan fingerprint density at radius 1 is 1.53 bits per heavy atom. The fourth-order valence-corrected chi connectivity index (χ4v) is 2.43. The van der Waals surface area contributed by atoms with Crippen molar-refractivity contribution in [1.82, 2.24) is 9.78 Å². The average molecular weight is 233 g/mol. The van der Waals surface area contributed by atoms with E-state index in [-0.39, 0.29) is 6.04 Å². The largest absolute Gasteiger partial charge is 0.354 e. The summed E-state index contributed by atoms with van der Waals surface area (Å²) in [5.41, 5.74) is 7.56. The summed E-state index contributed by atoms with van der Waals surface area (Å²) in [5.74, 6) is 1.46. The summed E-state index contributed by atoms with van der Waals surface area (Å²) in [6.07, 6.45) is 1.07. The predicted octanol–water partition coefficient (Wildman–Crippen LogP) is 0.774. The van der Waals surface area contributed by atoms with Gasteiger partial charge in [-0.25, -0.2) is 0 Å². The lowest BCUT2D eigenvalue weighted by Crippen LogP contribution is -2.48. The number of piperidine rings is 1. The number of hydrogen-bond acceptors (Lipinski definition) is 4. The summed E-state index contributed by atoms with van der Waals surface area (Å²) in [6.45, 7) is 5.80. The minimum absolute atomic E-state index is 0.172. The Morgan fingerprint density at radius 2 is 2.24 bits per heavy atom. The van der Waals surface area contributed by atoms with Gasteiger partial charge < -0.3 is 10.6 Å². The lowest BCUT2D eigenvalue weighted by atomic mass is 9.94. The van der Waals surface area contributed by atoms with Crippen molar-refractivity contribution in [3.63, 3.8) is 0 Å². The van der Waals surface area contributed by atoms with Gasteiger partial charge in [0.05, 0.1) is 5.69 Å². The predicted molar refractivity (Wildman–Crippen MR) is 66.6 cm³/mol. The monoisotopic (exact) mass is 233 g/mol. The van der Waals surface area contributed by atoms with Gasteiger partial charge in [0, 0.05) is 26.2 Å². The number of aromatic nitrogens is 2. The Bertz CT molecular complexity index is 456. The number of aryl methyl sites for hydroxylation is 2. The molecule has 2 atom stereocenters. The Balaban J connectivity index is 2.32. The molecule has 0 spiro atoms. The highest BCUT2D eigenvalue weighted by atomic mass is 15.4. The summed E-state index contributed by atoms with van der Waals surface area (Å²) in [5, 5.41) is 13.5. The van der Waals surface area contributed by atoms with Gasteiger partial charge in [-0.15, -0.1) is 0 Å². The van der Waals surface area contributed by atoms with Crippen LogP contribution in [0.15, 0.2) is 0 Å². The summed E-state index contributed by atoms with van der Waals surface area (Å²) in [4.78, 5) is 2.18. The molecule has 1 saturated heterocycles. The Morgan fingerprint density at radius 3 is 2.82 bits per heavy atom. The SMILES string of the molecule is Cc1nn(C)c(N2CCC(C)C(N)C2)c1C#N. The maximum absolute atomic E-state index is 9.20. The van der Waals surface area contributed by atoms with Crippen molar-refractivity contribution in [2.45, 2.75) is 26.3 Å². The van der Waals surface area contributed by atoms with Crippen LogP contribution in [0.25, 0.3) is 0 Å². The molecule has 2 N–H and O–H groups in total. The first kappa shape index (κ1) is 11.9. The van der Waals surface area contributed by atoms with Crippen LogP contribution < -0.4 is 10.6 Å². The molecular formula is C12H19N5. The zero-order chi connectivity index (χ0) is 12.6. The molecule has 0 saturated carbocycles. The van der Waals surface area contributed by atoms with Crippen LogP contribution in [0.3, 0.4) is 0 Å². The highest BCUT2D eigenvalue weighted by Crippen LogP contribution is 2.26. The van der Waals surface area contributed by atoms with Crippen molar-refractivity contribution in [3.8, 4) is 6.07 Å². The maximum Gasteiger partial charge on any atom is 0.145 e. The number of nitrogens with two attached hydrogens (primary N) is 1. The molecule has 1 aliphatic heterocycles. The number of nitriles is 1. The standard InChI is InChI=1S/C12H19N5/c1-8-4-5-17(7-11(8)14)12-10(6-13)9(2)15-16(12)3/h8,11H,4-5,7,14H2,1-3H3. The zero-order valence-electron chi connectivity index (χ0n) is 10.6. The van der Waals surface area contributed by atoms with Crippen molar-refractivity contribution in [2.24, 2.45) is 18.7 Å². The number of anilines is 1. The second-order valence-corrected chi connectivity index (χ2v) is 4.90. The van der Waals surface area contributed by atoms with E-state index in [0.29, 0.717) is 11.5 Å². The van der Waals surface area contributed by atoms with Crippen molar-refractivity contribution >= 4 is 5.82 Å². The molecule has 0 aromatic carbocycles. The molecule has 0 bridgehead atoms. The number of hydrogen-bond donors (Lipinski definition) is 1. The molecule has 5 heteroatoms. The van der Waals surface area contributed by atoms with E-state index >= 15 is 0 Å². The van der Waals surface area contributed by atoms with E-state index < -0.39 is 0 Å². The van der Waals surface area contributed by atoms with Gasteiger partial charge in [-0.3, -0.25) is 4.68 Å². The number of nitrogens with zero attached hydrogens (tertiary/aromatic N) is 4. The molecule has 1 aliphatic rings. The van der Waals surface area contributed by atoms with Crippen molar-refractivity contribution in [1.29, 1.82) is 5.26 Å². The van der Waals surface area contributed by atoms with Crippen molar-refractivity contribution in [2.75, 3.05) is 18.0 Å². The van der Waals surface area contributed by atoms with Gasteiger partial charge in [0.25, 0.3) is 0 Å². The van der Waals surface area contributed by atoms with Gasteiger partial charge in [-0.1, -0.05) is 6.92 Å². The van der Waals surface area contributed by atoms with Crippen LogP contribution in [0, 0.1) is 24.2 Å². The summed E-state index contributed by atoms with van der Waals surface area (Å²) < 4.78 is 1.79. The molecule has 2 heterocycles. The number of rotatable bonds is 1. The van der Waals surface area contributed by atoms with E-state index in [1.165, 1.54) is 0 Å². The fourth-order valence-electron chi connectivity index (χ4n) is 2.43. The van der Waals surface area contributed by atoms with Crippen LogP contribution >= 0.6 is 0 Å². The molecule has 2 rings (SSSR count). The summed E-state index contributed by atoms with van der Waals surface area (Å²) in [6, 6.07) is 2.41. The van der Waals surface area contributed by atoms with Crippen LogP contribution in [0.2, 0.25) is 0 Å². The molecule has 1 aromatic rings. The van der Waals surface area contributed by atoms with E-state index in [9.17, 15) is 5.26 Å². The topological polar surface area (TPSA) is 70.9 Å². The Hall–Kier alpha value is -1.54. The van der Waals surface area contributed by atoms with Crippen molar-refractivity contribution in [3.05, 3.63) is 11.3 Å². The molecule has 5 nitrogen and oxygen atoms in total. The second kappa shape index (κ2) is 4.38. The van der Waals surface area contributed by atoms with E-state index in [2.05, 4.69) is 23.0 Å². The third-order valence-corrected chi connectivity index (χ3v) is 3.62. The lowest BCUT2D eigenvalue weighted by molar-refractivity contribution is 0.375. The minimum atomic E-state index is 0.172. The van der Waals surface area contributed by atoms with Crippen LogP contribution in [0.4, 0.5) is 5.82 Å². The molecular weight excluding hydrogens is 214 g/mol. The van der Waals surface area contributed by atoms with Crippen LogP contribution in [-0.2, 0) is 7.05 Å². The van der Waals surface area contributed by atoms with Crippen molar-refractivity contribution < 1.29 is 0 Å². The van der Waals surface area contributed by atoms with E-state index in [0.717, 1.165) is 31.0 Å². The first-order valence-corrected chi connectivity index (χ1v) is 5.98. The Labute approximate surface area is 102 Å². The van der Waals surface area contributed by atoms with Gasteiger partial charge in [0.1, 0.15) is 17.5 Å². The summed E-state index contributed by atoms with van der Waals surface area (Å²) in [7, 11) is 1.88. The van der Waals surface area contributed by atoms with Gasteiger partial charge in [-0.05, 0) is 19.3 Å². The molecule has 17 heavy (non-hydrogen) atoms. The third kappa shape index (κ3) is 2.01. The quantitative estimate of drug-likeness (QED) is 0.778. The van der Waals surface area contributed by atoms with E-state index in [1.807, 2.05) is 14.0 Å². The van der Waals surface area contributed by atoms with E-state index in [1.54, 1.807) is 4.68 Å². The fraction of sp³-hybridized carbons (Fsp3) is 0.667. The second-order valence-electron chi connectivity index (χ2n) is 4.90. The highest BCUT2D eigenvalue weighted by molar-refractivity contribution is 5.57. The minimum Gasteiger partial charge on any atom is -0.354 e. The lowest BCUT2D eigenvalue weighted by Gasteiger charge is -2.36. The maximum atomic E-state index is 9.20. The van der Waals surface area contributed by atoms with Gasteiger partial charge in [0.2, 0.25) is 0 Å². The molecule has 2 unspecified atom stereocenters. The van der Waals surface area contributed by atoms with E-state index in [4.69, 9.17) is 5.73 Å². The summed E-state index contributed by atoms with van der Waals surface area (Å²) >= 11 is 0. The first-order chi connectivity index (χ1) is 8.04. The third-order valence-electron chi connectivity index (χ3n) is 3.62. The smallest absolute Gasteiger partial charge is 0.145 e. The molecule has 1 fully saturated rings. The molecule has 0 aliphatic carbocycles. The van der Waals surface area contributed by atoms with Crippen LogP contribution in [-0.4, -0.2) is 28.9 Å². The molecule has 0 radical (unpaired) electrons. The molecule has 92 valence electrons.